The lowest BCUT2D eigenvalue weighted by molar-refractivity contribution is 0.0798. The molecule has 128 valence electrons. The monoisotopic (exact) mass is 355 g/mol. The van der Waals surface area contributed by atoms with E-state index in [0.717, 1.165) is 16.4 Å². The number of sulfonamides is 1. The Labute approximate surface area is 138 Å². The molecule has 1 aliphatic rings. The highest BCUT2D eigenvalue weighted by molar-refractivity contribution is 7.89. The Bertz CT molecular complexity index is 857. The van der Waals surface area contributed by atoms with E-state index in [1.54, 1.807) is 24.3 Å². The topological polar surface area (TPSA) is 55.8 Å². The summed E-state index contributed by atoms with van der Waals surface area (Å²) in [5.41, 5.74) is 0. The average molecular weight is 355 g/mol. The number of para-hydroxylation sites is 2. The Kier molecular flexibility index (Phi) is 4.42. The van der Waals surface area contributed by atoms with Crippen LogP contribution in [0.1, 0.15) is 0 Å². The van der Waals surface area contributed by atoms with E-state index >= 15 is 0 Å². The van der Waals surface area contributed by atoms with Gasteiger partial charge in [-0.15, -0.1) is 0 Å². The lowest BCUT2D eigenvalue weighted by atomic mass is 10.2. The number of benzene rings is 2. The molecule has 0 saturated carbocycles. The standard InChI is InChI=1S/C16H15F2NO4S/c1-19(24(20,21)16-7-6-11(17)8-13(16)18)9-12-10-22-14-4-2-3-5-15(14)23-12/h2-8,12H,9-10H2,1H3/t12-/m0/s1. The maximum atomic E-state index is 13.8. The van der Waals surface area contributed by atoms with Gasteiger partial charge in [0.25, 0.3) is 0 Å². The number of hydrogen-bond acceptors (Lipinski definition) is 4. The molecule has 0 N–H and O–H groups in total. The van der Waals surface area contributed by atoms with Crippen LogP contribution in [0.3, 0.4) is 0 Å². The van der Waals surface area contributed by atoms with Gasteiger partial charge in [-0.05, 0) is 24.3 Å². The van der Waals surface area contributed by atoms with Crippen LogP contribution in [-0.4, -0.2) is 39.0 Å². The Morgan fingerprint density at radius 1 is 1.17 bits per heavy atom. The molecule has 24 heavy (non-hydrogen) atoms. The van der Waals surface area contributed by atoms with E-state index in [4.69, 9.17) is 9.47 Å². The number of rotatable bonds is 4. The van der Waals surface area contributed by atoms with Crippen molar-refractivity contribution in [1.29, 1.82) is 0 Å². The second-order valence-corrected chi connectivity index (χ2v) is 7.37. The molecule has 1 atom stereocenters. The third kappa shape index (κ3) is 3.20. The van der Waals surface area contributed by atoms with Gasteiger partial charge >= 0.3 is 0 Å². The Hall–Kier alpha value is -2.19. The van der Waals surface area contributed by atoms with Gasteiger partial charge < -0.3 is 9.47 Å². The van der Waals surface area contributed by atoms with Crippen molar-refractivity contribution in [3.8, 4) is 11.5 Å². The molecular weight excluding hydrogens is 340 g/mol. The van der Waals surface area contributed by atoms with Crippen molar-refractivity contribution in [3.05, 3.63) is 54.1 Å². The van der Waals surface area contributed by atoms with Gasteiger partial charge in [-0.1, -0.05) is 12.1 Å². The smallest absolute Gasteiger partial charge is 0.245 e. The molecule has 1 heterocycles. The van der Waals surface area contributed by atoms with E-state index in [1.165, 1.54) is 7.05 Å². The summed E-state index contributed by atoms with van der Waals surface area (Å²) in [6.07, 6.45) is -0.539. The molecular formula is C16H15F2NO4S. The fourth-order valence-corrected chi connectivity index (χ4v) is 3.63. The van der Waals surface area contributed by atoms with Crippen molar-refractivity contribution in [2.75, 3.05) is 20.2 Å². The quantitative estimate of drug-likeness (QED) is 0.845. The van der Waals surface area contributed by atoms with Gasteiger partial charge in [0.15, 0.2) is 11.5 Å². The minimum absolute atomic E-state index is 0.0342. The SMILES string of the molecule is CN(C[C@H]1COc2ccccc2O1)S(=O)(=O)c1ccc(F)cc1F. The van der Waals surface area contributed by atoms with Gasteiger partial charge in [0.05, 0.1) is 6.54 Å². The van der Waals surface area contributed by atoms with Crippen LogP contribution >= 0.6 is 0 Å². The lowest BCUT2D eigenvalue weighted by Gasteiger charge is -2.29. The van der Waals surface area contributed by atoms with E-state index in [-0.39, 0.29) is 13.2 Å². The first-order chi connectivity index (χ1) is 11.4. The predicted molar refractivity (Wildman–Crippen MR) is 82.5 cm³/mol. The molecule has 0 radical (unpaired) electrons. The highest BCUT2D eigenvalue weighted by atomic mass is 32.2. The minimum atomic E-state index is -4.11. The summed E-state index contributed by atoms with van der Waals surface area (Å²) in [6, 6.07) is 9.40. The number of halogens is 2. The van der Waals surface area contributed by atoms with Crippen molar-refractivity contribution in [2.24, 2.45) is 0 Å². The highest BCUT2D eigenvalue weighted by Gasteiger charge is 2.29. The van der Waals surface area contributed by atoms with Gasteiger partial charge in [-0.2, -0.15) is 4.31 Å². The van der Waals surface area contributed by atoms with Crippen LogP contribution in [0.5, 0.6) is 11.5 Å². The van der Waals surface area contributed by atoms with Gasteiger partial charge in [-0.3, -0.25) is 0 Å². The molecule has 0 amide bonds. The summed E-state index contributed by atoms with van der Waals surface area (Å²) < 4.78 is 63.8. The normalized spacial score (nSPS) is 17.1. The molecule has 8 heteroatoms. The van der Waals surface area contributed by atoms with Crippen molar-refractivity contribution in [3.63, 3.8) is 0 Å². The summed E-state index contributed by atoms with van der Waals surface area (Å²) in [4.78, 5) is -0.580. The Morgan fingerprint density at radius 2 is 1.88 bits per heavy atom. The number of hydrogen-bond donors (Lipinski definition) is 0. The van der Waals surface area contributed by atoms with Crippen molar-refractivity contribution in [2.45, 2.75) is 11.0 Å². The largest absolute Gasteiger partial charge is 0.486 e. The molecule has 5 nitrogen and oxygen atoms in total. The second-order valence-electron chi connectivity index (χ2n) is 5.36. The first-order valence-corrected chi connectivity index (χ1v) is 8.62. The third-order valence-electron chi connectivity index (χ3n) is 3.61. The van der Waals surface area contributed by atoms with Crippen LogP contribution in [-0.2, 0) is 10.0 Å². The van der Waals surface area contributed by atoms with Crippen LogP contribution in [0.25, 0.3) is 0 Å². The van der Waals surface area contributed by atoms with Crippen LogP contribution in [0.15, 0.2) is 47.4 Å². The second kappa shape index (κ2) is 6.37. The number of likely N-dealkylation sites (N-methyl/N-ethyl adjacent to an activating group) is 1. The average Bonchev–Trinajstić information content (AvgIpc) is 2.54. The van der Waals surface area contributed by atoms with E-state index in [0.29, 0.717) is 17.6 Å². The molecule has 0 saturated heterocycles. The zero-order chi connectivity index (χ0) is 17.3. The fourth-order valence-electron chi connectivity index (χ4n) is 2.39. The fraction of sp³-hybridized carbons (Fsp3) is 0.250. The number of nitrogens with zero attached hydrogens (tertiary/aromatic N) is 1. The molecule has 0 unspecified atom stereocenters. The molecule has 0 fully saturated rings. The van der Waals surface area contributed by atoms with Gasteiger partial charge in [-0.25, -0.2) is 17.2 Å². The third-order valence-corrected chi connectivity index (χ3v) is 5.47. The summed E-state index contributed by atoms with van der Waals surface area (Å²) >= 11 is 0. The number of ether oxygens (including phenoxy) is 2. The van der Waals surface area contributed by atoms with Crippen LogP contribution in [0.2, 0.25) is 0 Å². The van der Waals surface area contributed by atoms with Gasteiger partial charge in [0, 0.05) is 13.1 Å². The molecule has 0 spiro atoms. The highest BCUT2D eigenvalue weighted by Crippen LogP contribution is 2.31. The first kappa shape index (κ1) is 16.7. The van der Waals surface area contributed by atoms with E-state index in [2.05, 4.69) is 0 Å². The van der Waals surface area contributed by atoms with Gasteiger partial charge in [0.2, 0.25) is 10.0 Å². The van der Waals surface area contributed by atoms with Crippen LogP contribution < -0.4 is 9.47 Å². The molecule has 0 aromatic heterocycles. The molecule has 0 bridgehead atoms. The van der Waals surface area contributed by atoms with Gasteiger partial charge in [0.1, 0.15) is 29.2 Å². The lowest BCUT2D eigenvalue weighted by Crippen LogP contribution is -2.41. The minimum Gasteiger partial charge on any atom is -0.486 e. The van der Waals surface area contributed by atoms with E-state index in [1.807, 2.05) is 0 Å². The summed E-state index contributed by atoms with van der Waals surface area (Å²) in [7, 11) is -2.80. The predicted octanol–water partition coefficient (Wildman–Crippen LogP) is 2.43. The van der Waals surface area contributed by atoms with Crippen LogP contribution in [0, 0.1) is 11.6 Å². The zero-order valence-electron chi connectivity index (χ0n) is 12.8. The van der Waals surface area contributed by atoms with E-state index in [9.17, 15) is 17.2 Å². The molecule has 2 aromatic carbocycles. The summed E-state index contributed by atoms with van der Waals surface area (Å²) in [6.45, 7) is 0.135. The van der Waals surface area contributed by atoms with Crippen molar-refractivity contribution >= 4 is 10.0 Å². The first-order valence-electron chi connectivity index (χ1n) is 7.18. The molecule has 2 aromatic rings. The molecule has 0 aliphatic carbocycles. The maximum Gasteiger partial charge on any atom is 0.245 e. The Balaban J connectivity index is 1.76. The maximum absolute atomic E-state index is 13.8. The molecule has 1 aliphatic heterocycles. The van der Waals surface area contributed by atoms with Crippen molar-refractivity contribution in [1.82, 2.24) is 4.31 Å². The molecule has 3 rings (SSSR count). The van der Waals surface area contributed by atoms with Crippen molar-refractivity contribution < 1.29 is 26.7 Å². The number of fused-ring (bicyclic) bond motifs is 1. The van der Waals surface area contributed by atoms with E-state index < -0.39 is 32.7 Å². The van der Waals surface area contributed by atoms with Crippen LogP contribution in [0.4, 0.5) is 8.78 Å². The summed E-state index contributed by atoms with van der Waals surface area (Å²) in [5, 5.41) is 0. The Morgan fingerprint density at radius 3 is 2.58 bits per heavy atom. The summed E-state index contributed by atoms with van der Waals surface area (Å²) in [5.74, 6) is -0.862. The zero-order valence-corrected chi connectivity index (χ0v) is 13.6.